The maximum absolute atomic E-state index is 10.7. The number of hydrogen-bond donors (Lipinski definition) is 3. The van der Waals surface area contributed by atoms with Gasteiger partial charge in [0, 0.05) is 20.0 Å². The molecule has 3 N–H and O–H groups in total. The first-order chi connectivity index (χ1) is 7.82. The maximum atomic E-state index is 10.7. The monoisotopic (exact) mass is 247 g/mol. The second kappa shape index (κ2) is 7.61. The Labute approximate surface area is 98.8 Å². The van der Waals surface area contributed by atoms with E-state index in [1.807, 2.05) is 0 Å². The van der Waals surface area contributed by atoms with Crippen molar-refractivity contribution in [1.82, 2.24) is 5.32 Å². The highest BCUT2D eigenvalue weighted by atomic mass is 16.5. The summed E-state index contributed by atoms with van der Waals surface area (Å²) in [6, 6.07) is -1.01. The molecule has 7 heteroatoms. The lowest BCUT2D eigenvalue weighted by Crippen LogP contribution is -2.40. The third-order valence-electron chi connectivity index (χ3n) is 1.95. The summed E-state index contributed by atoms with van der Waals surface area (Å²) >= 11 is 0. The lowest BCUT2D eigenvalue weighted by molar-refractivity contribution is -0.143. The summed E-state index contributed by atoms with van der Waals surface area (Å²) in [6.07, 6.45) is -0.532. The smallest absolute Gasteiger partial charge is 0.326 e. The van der Waals surface area contributed by atoms with Gasteiger partial charge in [-0.15, -0.1) is 0 Å². The van der Waals surface area contributed by atoms with Crippen molar-refractivity contribution in [3.8, 4) is 0 Å². The number of ether oxygens (including phenoxy) is 1. The lowest BCUT2D eigenvalue weighted by Gasteiger charge is -2.15. The molecule has 2 atom stereocenters. The van der Waals surface area contributed by atoms with Crippen molar-refractivity contribution in [3.63, 3.8) is 0 Å². The molecule has 0 aromatic rings. The van der Waals surface area contributed by atoms with E-state index in [4.69, 9.17) is 14.9 Å². The van der Waals surface area contributed by atoms with Crippen molar-refractivity contribution >= 4 is 17.8 Å². The second-order valence-electron chi connectivity index (χ2n) is 3.66. The molecule has 7 nitrogen and oxygen atoms in total. The van der Waals surface area contributed by atoms with E-state index >= 15 is 0 Å². The van der Waals surface area contributed by atoms with Crippen molar-refractivity contribution in [1.29, 1.82) is 0 Å². The highest BCUT2D eigenvalue weighted by Gasteiger charge is 2.18. The molecule has 1 amide bonds. The summed E-state index contributed by atoms with van der Waals surface area (Å²) in [7, 11) is 0. The zero-order chi connectivity index (χ0) is 13.4. The molecule has 0 aliphatic carbocycles. The standard InChI is InChI=1S/C10H17NO6/c1-6(5-9(13)14)17-4-3-8(10(15)16)11-7(2)12/h6,8H,3-5H2,1-2H3,(H,11,12)(H,13,14)(H,15,16)/t6-,8+/m1/s1. The molecular formula is C10H17NO6. The van der Waals surface area contributed by atoms with Crippen LogP contribution in [0.5, 0.6) is 0 Å². The minimum atomic E-state index is -1.14. The highest BCUT2D eigenvalue weighted by Crippen LogP contribution is 2.01. The average Bonchev–Trinajstić information content (AvgIpc) is 2.13. The number of carbonyl (C=O) groups excluding carboxylic acids is 1. The molecule has 0 fully saturated rings. The molecular weight excluding hydrogens is 230 g/mol. The molecule has 0 radical (unpaired) electrons. The molecule has 0 aromatic heterocycles. The van der Waals surface area contributed by atoms with E-state index in [1.165, 1.54) is 6.92 Å². The summed E-state index contributed by atoms with van der Waals surface area (Å²) in [5.74, 6) is -2.56. The summed E-state index contributed by atoms with van der Waals surface area (Å²) in [4.78, 5) is 31.8. The molecule has 0 aromatic carbocycles. The summed E-state index contributed by atoms with van der Waals surface area (Å²) in [5.41, 5.74) is 0. The molecule has 0 saturated heterocycles. The van der Waals surface area contributed by atoms with Crippen molar-refractivity contribution in [3.05, 3.63) is 0 Å². The molecule has 0 saturated carbocycles. The fourth-order valence-corrected chi connectivity index (χ4v) is 1.19. The van der Waals surface area contributed by atoms with E-state index in [0.29, 0.717) is 0 Å². The van der Waals surface area contributed by atoms with Crippen molar-refractivity contribution in [2.75, 3.05) is 6.61 Å². The Kier molecular flexibility index (Phi) is 6.88. The summed E-state index contributed by atoms with van der Waals surface area (Å²) in [5, 5.41) is 19.5. The van der Waals surface area contributed by atoms with Crippen molar-refractivity contribution < 1.29 is 29.3 Å². The van der Waals surface area contributed by atoms with Crippen LogP contribution < -0.4 is 5.32 Å². The Morgan fingerprint density at radius 3 is 2.29 bits per heavy atom. The van der Waals surface area contributed by atoms with E-state index < -0.39 is 30.0 Å². The first-order valence-electron chi connectivity index (χ1n) is 5.16. The zero-order valence-corrected chi connectivity index (χ0v) is 9.80. The predicted octanol–water partition coefficient (Wildman–Crippen LogP) is -0.154. The van der Waals surface area contributed by atoms with Crippen LogP contribution >= 0.6 is 0 Å². The predicted molar refractivity (Wildman–Crippen MR) is 57.5 cm³/mol. The average molecular weight is 247 g/mol. The molecule has 0 unspecified atom stereocenters. The van der Waals surface area contributed by atoms with Gasteiger partial charge in [0.25, 0.3) is 0 Å². The normalized spacial score (nSPS) is 13.8. The van der Waals surface area contributed by atoms with Gasteiger partial charge in [0.05, 0.1) is 12.5 Å². The number of rotatable bonds is 8. The van der Waals surface area contributed by atoms with E-state index in [9.17, 15) is 14.4 Å². The van der Waals surface area contributed by atoms with E-state index in [0.717, 1.165) is 0 Å². The minimum absolute atomic E-state index is 0.0751. The van der Waals surface area contributed by atoms with Gasteiger partial charge < -0.3 is 20.3 Å². The van der Waals surface area contributed by atoms with Crippen LogP contribution in [-0.4, -0.2) is 46.8 Å². The largest absolute Gasteiger partial charge is 0.481 e. The third kappa shape index (κ3) is 8.21. The second-order valence-corrected chi connectivity index (χ2v) is 3.66. The highest BCUT2D eigenvalue weighted by molar-refractivity contribution is 5.81. The number of carboxylic acids is 2. The van der Waals surface area contributed by atoms with Crippen LogP contribution in [0.2, 0.25) is 0 Å². The van der Waals surface area contributed by atoms with Gasteiger partial charge in [-0.25, -0.2) is 4.79 Å². The van der Waals surface area contributed by atoms with Crippen LogP contribution in [-0.2, 0) is 19.1 Å². The van der Waals surface area contributed by atoms with E-state index in [-0.39, 0.29) is 19.4 Å². The number of hydrogen-bond acceptors (Lipinski definition) is 4. The molecule has 98 valence electrons. The van der Waals surface area contributed by atoms with Gasteiger partial charge in [0.2, 0.25) is 5.91 Å². The van der Waals surface area contributed by atoms with Gasteiger partial charge in [0.15, 0.2) is 0 Å². The molecule has 0 aliphatic heterocycles. The summed E-state index contributed by atoms with van der Waals surface area (Å²) in [6.45, 7) is 2.89. The van der Waals surface area contributed by atoms with Gasteiger partial charge in [-0.1, -0.05) is 0 Å². The molecule has 17 heavy (non-hydrogen) atoms. The Hall–Kier alpha value is -1.63. The van der Waals surface area contributed by atoms with Crippen LogP contribution in [0.1, 0.15) is 26.7 Å². The number of nitrogens with one attached hydrogen (secondary N) is 1. The summed E-state index contributed by atoms with van der Waals surface area (Å²) < 4.78 is 5.12. The zero-order valence-electron chi connectivity index (χ0n) is 9.80. The van der Waals surface area contributed by atoms with Crippen LogP contribution in [0.25, 0.3) is 0 Å². The molecule has 0 heterocycles. The number of carboxylic acid groups (broad SMARTS) is 2. The van der Waals surface area contributed by atoms with Crippen molar-refractivity contribution in [2.24, 2.45) is 0 Å². The number of carbonyl (C=O) groups is 3. The third-order valence-corrected chi connectivity index (χ3v) is 1.95. The SMILES string of the molecule is CC(=O)N[C@@H](CCO[C@H](C)CC(=O)O)C(=O)O. The van der Waals surface area contributed by atoms with Gasteiger partial charge in [-0.05, 0) is 6.92 Å². The van der Waals surface area contributed by atoms with Crippen molar-refractivity contribution in [2.45, 2.75) is 38.8 Å². The molecule has 0 rings (SSSR count). The van der Waals surface area contributed by atoms with E-state index in [1.54, 1.807) is 6.92 Å². The lowest BCUT2D eigenvalue weighted by atomic mass is 10.2. The topological polar surface area (TPSA) is 113 Å². The molecule has 0 aliphatic rings. The van der Waals surface area contributed by atoms with Crippen LogP contribution in [0.3, 0.4) is 0 Å². The van der Waals surface area contributed by atoms with Crippen LogP contribution in [0.4, 0.5) is 0 Å². The van der Waals surface area contributed by atoms with Crippen LogP contribution in [0.15, 0.2) is 0 Å². The number of aliphatic carboxylic acids is 2. The Morgan fingerprint density at radius 1 is 1.29 bits per heavy atom. The Morgan fingerprint density at radius 2 is 1.88 bits per heavy atom. The minimum Gasteiger partial charge on any atom is -0.481 e. The van der Waals surface area contributed by atoms with Gasteiger partial charge in [-0.3, -0.25) is 9.59 Å². The van der Waals surface area contributed by atoms with Crippen LogP contribution in [0, 0.1) is 0 Å². The van der Waals surface area contributed by atoms with Gasteiger partial charge >= 0.3 is 11.9 Å². The van der Waals surface area contributed by atoms with Gasteiger partial charge in [0.1, 0.15) is 6.04 Å². The molecule has 0 bridgehead atoms. The Bertz CT molecular complexity index is 291. The number of amides is 1. The molecule has 0 spiro atoms. The fraction of sp³-hybridized carbons (Fsp3) is 0.700. The quantitative estimate of drug-likeness (QED) is 0.549. The first kappa shape index (κ1) is 15.4. The van der Waals surface area contributed by atoms with E-state index in [2.05, 4.69) is 5.32 Å². The maximum Gasteiger partial charge on any atom is 0.326 e. The fourth-order valence-electron chi connectivity index (χ4n) is 1.19. The first-order valence-corrected chi connectivity index (χ1v) is 5.16. The van der Waals surface area contributed by atoms with Gasteiger partial charge in [-0.2, -0.15) is 0 Å². The Balaban J connectivity index is 3.93.